The Hall–Kier alpha value is -7.76. The van der Waals surface area contributed by atoms with Crippen LogP contribution in [0.5, 0.6) is 5.75 Å². The largest absolute Gasteiger partial charge is 0.507 e. The van der Waals surface area contributed by atoms with Crippen LogP contribution in [0.4, 0.5) is 0 Å². The fourth-order valence-corrected chi connectivity index (χ4v) is 10.0. The molecule has 1 N–H and O–H groups in total. The van der Waals surface area contributed by atoms with E-state index in [0.29, 0.717) is 11.4 Å². The van der Waals surface area contributed by atoms with Gasteiger partial charge >= 0.3 is 0 Å². The zero-order valence-electron chi connectivity index (χ0n) is 40.9. The number of fused-ring (bicyclic) bond motifs is 6. The zero-order valence-corrected chi connectivity index (χ0v) is 40.9. The van der Waals surface area contributed by atoms with Crippen LogP contribution in [0.2, 0.25) is 0 Å². The number of furan rings is 1. The number of hydrogen-bond acceptors (Lipinski definition) is 4. The number of benzene rings is 8. The normalized spacial score (nSPS) is 12.5. The molecule has 340 valence electrons. The predicted molar refractivity (Wildman–Crippen MR) is 289 cm³/mol. The average molecular weight is 900 g/mol. The molecule has 0 aliphatic carbocycles. The highest BCUT2D eigenvalue weighted by molar-refractivity contribution is 6.20. The predicted octanol–water partition coefficient (Wildman–Crippen LogP) is 17.4. The Bertz CT molecular complexity index is 3780. The Morgan fingerprint density at radius 2 is 1.16 bits per heavy atom. The molecule has 8 aromatic carbocycles. The molecule has 69 heavy (non-hydrogen) atoms. The Kier molecular flexibility index (Phi) is 10.3. The van der Waals surface area contributed by atoms with E-state index in [2.05, 4.69) is 237 Å². The Morgan fingerprint density at radius 3 is 1.88 bits per heavy atom. The van der Waals surface area contributed by atoms with Gasteiger partial charge in [-0.15, -0.1) is 0 Å². The molecule has 3 heterocycles. The summed E-state index contributed by atoms with van der Waals surface area (Å²) in [7, 11) is 0. The standard InChI is InChI=1S/C64H57N3O2/c1-62(2,3)45-28-29-53(50(36-45)40-21-14-11-15-22-40)67-54-26-18-25-48(58(54)66-61(67)51-37-46(63(4,5)6)38-52(59(51)68)64(7,8)9)43-33-42(39-19-12-10-13-20-39)34-44(35-43)57-60-49(31-32-65-57)56-47-24-17-16-23-41(47)27-30-55(56)69-60/h10-38,68H,1-9H3. The van der Waals surface area contributed by atoms with Gasteiger partial charge in [-0.1, -0.05) is 178 Å². The maximum absolute atomic E-state index is 12.6. The second kappa shape index (κ2) is 16.2. The Morgan fingerprint density at radius 1 is 0.493 bits per heavy atom. The van der Waals surface area contributed by atoms with Crippen LogP contribution in [0.15, 0.2) is 180 Å². The van der Waals surface area contributed by atoms with Gasteiger partial charge in [0.2, 0.25) is 0 Å². The van der Waals surface area contributed by atoms with Gasteiger partial charge in [-0.05, 0) is 115 Å². The number of imidazole rings is 1. The number of hydrogen-bond donors (Lipinski definition) is 1. The maximum Gasteiger partial charge on any atom is 0.161 e. The molecule has 0 aliphatic heterocycles. The molecule has 11 aromatic rings. The van der Waals surface area contributed by atoms with Crippen molar-refractivity contribution in [3.05, 3.63) is 193 Å². The highest BCUT2D eigenvalue weighted by Gasteiger charge is 2.30. The van der Waals surface area contributed by atoms with E-state index in [1.54, 1.807) is 0 Å². The first-order valence-corrected chi connectivity index (χ1v) is 24.0. The van der Waals surface area contributed by atoms with E-state index in [1.807, 2.05) is 6.20 Å². The van der Waals surface area contributed by atoms with E-state index in [4.69, 9.17) is 14.4 Å². The molecular weight excluding hydrogens is 843 g/mol. The minimum atomic E-state index is -0.343. The first-order valence-electron chi connectivity index (χ1n) is 24.0. The van der Waals surface area contributed by atoms with E-state index in [9.17, 15) is 5.11 Å². The smallest absolute Gasteiger partial charge is 0.161 e. The summed E-state index contributed by atoms with van der Waals surface area (Å²) in [5.41, 5.74) is 15.6. The molecule has 5 heteroatoms. The molecule has 3 aromatic heterocycles. The number of rotatable bonds is 6. The summed E-state index contributed by atoms with van der Waals surface area (Å²) in [5, 5.41) is 17.1. The highest BCUT2D eigenvalue weighted by atomic mass is 16.3. The first-order chi connectivity index (χ1) is 33.0. The Labute approximate surface area is 404 Å². The summed E-state index contributed by atoms with van der Waals surface area (Å²) < 4.78 is 9.06. The monoisotopic (exact) mass is 899 g/mol. The lowest BCUT2D eigenvalue weighted by Gasteiger charge is -2.28. The van der Waals surface area contributed by atoms with Crippen LogP contribution >= 0.6 is 0 Å². The lowest BCUT2D eigenvalue weighted by Crippen LogP contribution is -2.17. The molecule has 0 saturated carbocycles. The quantitative estimate of drug-likeness (QED) is 0.181. The van der Waals surface area contributed by atoms with Gasteiger partial charge in [0.25, 0.3) is 0 Å². The molecule has 0 radical (unpaired) electrons. The Balaban J connectivity index is 1.23. The molecule has 0 bridgehead atoms. The second-order valence-electron chi connectivity index (χ2n) is 21.7. The van der Waals surface area contributed by atoms with Crippen molar-refractivity contribution >= 4 is 43.7 Å². The van der Waals surface area contributed by atoms with Crippen molar-refractivity contribution in [2.75, 3.05) is 0 Å². The lowest BCUT2D eigenvalue weighted by molar-refractivity contribution is 0.446. The third kappa shape index (κ3) is 7.67. The van der Waals surface area contributed by atoms with Crippen LogP contribution in [0.1, 0.15) is 79.0 Å². The molecule has 0 fully saturated rings. The van der Waals surface area contributed by atoms with E-state index < -0.39 is 0 Å². The van der Waals surface area contributed by atoms with Gasteiger partial charge in [-0.25, -0.2) is 4.98 Å². The van der Waals surface area contributed by atoms with Gasteiger partial charge in [-0.3, -0.25) is 9.55 Å². The minimum absolute atomic E-state index is 0.0905. The van der Waals surface area contributed by atoms with Gasteiger partial charge in [0.15, 0.2) is 5.58 Å². The summed E-state index contributed by atoms with van der Waals surface area (Å²) in [6.07, 6.45) is 1.90. The molecule has 0 unspecified atom stereocenters. The number of aromatic hydroxyl groups is 1. The number of para-hydroxylation sites is 1. The SMILES string of the molecule is CC(C)(C)c1ccc(-n2c(-c3cc(C(C)(C)C)cc(C(C)(C)C)c3O)nc3c(-c4cc(-c5ccccc5)cc(-c5nccc6c5oc5ccc7ccccc7c56)c4)cccc32)c(-c2ccccc2)c1. The number of nitrogens with zero attached hydrogens (tertiary/aromatic N) is 3. The van der Waals surface area contributed by atoms with Crippen molar-refractivity contribution in [2.24, 2.45) is 0 Å². The summed E-state index contributed by atoms with van der Waals surface area (Å²) >= 11 is 0. The van der Waals surface area contributed by atoms with E-state index in [1.165, 1.54) is 10.9 Å². The van der Waals surface area contributed by atoms with Crippen LogP contribution in [-0.4, -0.2) is 19.6 Å². The van der Waals surface area contributed by atoms with Gasteiger partial charge in [0.1, 0.15) is 22.9 Å². The number of aromatic nitrogens is 3. The van der Waals surface area contributed by atoms with E-state index in [0.717, 1.165) is 99.8 Å². The van der Waals surface area contributed by atoms with Crippen LogP contribution in [0, 0.1) is 0 Å². The molecular formula is C64H57N3O2. The summed E-state index contributed by atoms with van der Waals surface area (Å²) in [5.74, 6) is 0.917. The van der Waals surface area contributed by atoms with E-state index in [-0.39, 0.29) is 22.0 Å². The number of phenolic OH excluding ortho intramolecular Hbond substituents is 1. The van der Waals surface area contributed by atoms with Gasteiger partial charge < -0.3 is 9.52 Å². The van der Waals surface area contributed by atoms with Crippen molar-refractivity contribution in [3.63, 3.8) is 0 Å². The highest BCUT2D eigenvalue weighted by Crippen LogP contribution is 2.47. The van der Waals surface area contributed by atoms with Crippen LogP contribution in [0.3, 0.4) is 0 Å². The maximum atomic E-state index is 12.6. The third-order valence-corrected chi connectivity index (χ3v) is 13.8. The molecule has 5 nitrogen and oxygen atoms in total. The lowest BCUT2D eigenvalue weighted by atomic mass is 9.79. The average Bonchev–Trinajstić information content (AvgIpc) is 3.93. The minimum Gasteiger partial charge on any atom is -0.507 e. The first kappa shape index (κ1) is 43.8. The number of phenols is 1. The van der Waals surface area contributed by atoms with Crippen molar-refractivity contribution < 1.29 is 9.52 Å². The van der Waals surface area contributed by atoms with E-state index >= 15 is 0 Å². The zero-order chi connectivity index (χ0) is 48.0. The molecule has 0 aliphatic rings. The summed E-state index contributed by atoms with van der Waals surface area (Å²) in [6, 6.07) is 60.2. The molecule has 0 amide bonds. The number of pyridine rings is 1. The van der Waals surface area contributed by atoms with Crippen molar-refractivity contribution in [3.8, 4) is 67.5 Å². The van der Waals surface area contributed by atoms with Crippen LogP contribution in [-0.2, 0) is 16.2 Å². The second-order valence-corrected chi connectivity index (χ2v) is 21.7. The molecule has 11 rings (SSSR count). The van der Waals surface area contributed by atoms with Crippen LogP contribution in [0.25, 0.3) is 105 Å². The third-order valence-electron chi connectivity index (χ3n) is 13.8. The molecule has 0 atom stereocenters. The van der Waals surface area contributed by atoms with Crippen LogP contribution < -0.4 is 0 Å². The van der Waals surface area contributed by atoms with Gasteiger partial charge in [0, 0.05) is 39.2 Å². The fourth-order valence-electron chi connectivity index (χ4n) is 10.0. The summed E-state index contributed by atoms with van der Waals surface area (Å²) in [4.78, 5) is 10.8. The fraction of sp³-hybridized carbons (Fsp3) is 0.188. The van der Waals surface area contributed by atoms with Gasteiger partial charge in [-0.2, -0.15) is 0 Å². The van der Waals surface area contributed by atoms with Crippen molar-refractivity contribution in [1.82, 2.24) is 14.5 Å². The summed E-state index contributed by atoms with van der Waals surface area (Å²) in [6.45, 7) is 20.0. The topological polar surface area (TPSA) is 64.1 Å². The van der Waals surface area contributed by atoms with Crippen molar-refractivity contribution in [2.45, 2.75) is 78.6 Å². The molecule has 0 saturated heterocycles. The van der Waals surface area contributed by atoms with Gasteiger partial charge in [0.05, 0.1) is 22.3 Å². The van der Waals surface area contributed by atoms with Crippen molar-refractivity contribution in [1.29, 1.82) is 0 Å². The molecule has 0 spiro atoms.